The third-order valence-electron chi connectivity index (χ3n) is 7.25. The minimum absolute atomic E-state index is 0.0227. The van der Waals surface area contributed by atoms with Crippen LogP contribution in [-0.4, -0.2) is 50.1 Å². The number of fused-ring (bicyclic) bond motifs is 3. The number of hydrogen-bond donors (Lipinski definition) is 1. The van der Waals surface area contributed by atoms with Gasteiger partial charge in [0.1, 0.15) is 11.8 Å². The second-order valence-electron chi connectivity index (χ2n) is 9.34. The lowest BCUT2D eigenvalue weighted by Crippen LogP contribution is -2.50. The second kappa shape index (κ2) is 10.6. The van der Waals surface area contributed by atoms with E-state index in [-0.39, 0.29) is 17.9 Å². The molecule has 3 atom stereocenters. The van der Waals surface area contributed by atoms with E-state index in [9.17, 15) is 9.59 Å². The molecule has 0 bridgehead atoms. The molecule has 2 amide bonds. The maximum absolute atomic E-state index is 13.8. The first-order valence-corrected chi connectivity index (χ1v) is 12.5. The van der Waals surface area contributed by atoms with E-state index >= 15 is 0 Å². The fourth-order valence-corrected chi connectivity index (χ4v) is 5.57. The number of carbonyl (C=O) groups excluding carboxylic acids is 2. The van der Waals surface area contributed by atoms with Crippen LogP contribution in [0.1, 0.15) is 66.2 Å². The Morgan fingerprint density at radius 3 is 2.51 bits per heavy atom. The molecule has 35 heavy (non-hydrogen) atoms. The van der Waals surface area contributed by atoms with E-state index in [0.717, 1.165) is 36.1 Å². The van der Waals surface area contributed by atoms with Gasteiger partial charge in [0.2, 0.25) is 5.91 Å². The summed E-state index contributed by atoms with van der Waals surface area (Å²) in [5.74, 6) is 1.91. The zero-order valence-corrected chi connectivity index (χ0v) is 21.3. The van der Waals surface area contributed by atoms with E-state index in [1.165, 1.54) is 5.56 Å². The molecule has 3 unspecified atom stereocenters. The minimum atomic E-state index is -0.572. The second-order valence-corrected chi connectivity index (χ2v) is 9.34. The van der Waals surface area contributed by atoms with Crippen molar-refractivity contribution in [1.82, 2.24) is 10.2 Å². The first-order valence-electron chi connectivity index (χ1n) is 12.5. The lowest BCUT2D eigenvalue weighted by Gasteiger charge is -2.41. The molecular formula is C28H36N2O5. The maximum atomic E-state index is 13.8. The summed E-state index contributed by atoms with van der Waals surface area (Å²) >= 11 is 0. The number of amides is 2. The molecule has 1 N–H and O–H groups in total. The highest BCUT2D eigenvalue weighted by Crippen LogP contribution is 2.45. The van der Waals surface area contributed by atoms with Crippen molar-refractivity contribution in [2.24, 2.45) is 5.92 Å². The number of rotatable bonds is 7. The van der Waals surface area contributed by atoms with Crippen LogP contribution in [0.3, 0.4) is 0 Å². The molecule has 7 nitrogen and oxygen atoms in total. The normalized spacial score (nSPS) is 21.5. The number of nitrogens with zero attached hydrogens (tertiary/aromatic N) is 1. The Labute approximate surface area is 207 Å². The van der Waals surface area contributed by atoms with Gasteiger partial charge < -0.3 is 24.4 Å². The third kappa shape index (κ3) is 4.81. The smallest absolute Gasteiger partial charge is 0.252 e. The van der Waals surface area contributed by atoms with Gasteiger partial charge in [-0.15, -0.1) is 0 Å². The molecule has 1 fully saturated rings. The fourth-order valence-electron chi connectivity index (χ4n) is 5.57. The number of aryl methyl sites for hydroxylation is 1. The molecule has 2 aromatic carbocycles. The van der Waals surface area contributed by atoms with Crippen LogP contribution in [0.5, 0.6) is 17.2 Å². The van der Waals surface area contributed by atoms with Crippen molar-refractivity contribution in [3.8, 4) is 17.2 Å². The van der Waals surface area contributed by atoms with Crippen molar-refractivity contribution in [2.45, 2.75) is 58.5 Å². The largest absolute Gasteiger partial charge is 0.496 e. The van der Waals surface area contributed by atoms with Crippen LogP contribution in [0, 0.1) is 12.8 Å². The quantitative estimate of drug-likeness (QED) is 0.633. The van der Waals surface area contributed by atoms with Gasteiger partial charge in [-0.2, -0.15) is 0 Å². The Kier molecular flexibility index (Phi) is 7.53. The van der Waals surface area contributed by atoms with Crippen molar-refractivity contribution < 1.29 is 23.8 Å². The first kappa shape index (κ1) is 24.9. The SMILES string of the molecule is CCOc1ccc(C(=O)NC2CCC(CC)C3c4c(cc(C)cc4OC)CCN3C2=O)cc1OC. The van der Waals surface area contributed by atoms with E-state index in [0.29, 0.717) is 42.6 Å². The first-order chi connectivity index (χ1) is 16.9. The summed E-state index contributed by atoms with van der Waals surface area (Å²) in [7, 11) is 3.24. The number of methoxy groups -OCH3 is 2. The third-order valence-corrected chi connectivity index (χ3v) is 7.25. The van der Waals surface area contributed by atoms with Gasteiger partial charge in [-0.25, -0.2) is 0 Å². The monoisotopic (exact) mass is 480 g/mol. The number of hydrogen-bond acceptors (Lipinski definition) is 5. The van der Waals surface area contributed by atoms with Gasteiger partial charge in [-0.1, -0.05) is 19.4 Å². The van der Waals surface area contributed by atoms with Gasteiger partial charge >= 0.3 is 0 Å². The summed E-state index contributed by atoms with van der Waals surface area (Å²) in [5.41, 5.74) is 4.00. The molecule has 2 aliphatic rings. The highest BCUT2D eigenvalue weighted by molar-refractivity contribution is 5.98. The van der Waals surface area contributed by atoms with Gasteiger partial charge in [0.05, 0.1) is 26.9 Å². The van der Waals surface area contributed by atoms with Crippen molar-refractivity contribution in [1.29, 1.82) is 0 Å². The average Bonchev–Trinajstić information content (AvgIpc) is 2.99. The number of benzene rings is 2. The standard InChI is InChI=1S/C28H36N2O5/c1-6-18-8-10-21(29-27(31)20-9-11-22(35-7-2)23(16-20)33-4)28(32)30-13-12-19-14-17(3)15-24(34-5)25(19)26(18)30/h9,11,14-16,18,21,26H,6-8,10,12-13H2,1-5H3,(H,29,31). The predicted molar refractivity (Wildman–Crippen MR) is 134 cm³/mol. The van der Waals surface area contributed by atoms with Crippen LogP contribution >= 0.6 is 0 Å². The Morgan fingerprint density at radius 1 is 1.06 bits per heavy atom. The molecule has 4 rings (SSSR count). The number of nitrogens with one attached hydrogen (secondary N) is 1. The molecule has 188 valence electrons. The Morgan fingerprint density at radius 2 is 1.83 bits per heavy atom. The molecule has 7 heteroatoms. The van der Waals surface area contributed by atoms with E-state index in [2.05, 4.69) is 31.3 Å². The van der Waals surface area contributed by atoms with E-state index in [4.69, 9.17) is 14.2 Å². The number of ether oxygens (including phenoxy) is 3. The van der Waals surface area contributed by atoms with Crippen molar-refractivity contribution in [2.75, 3.05) is 27.4 Å². The predicted octanol–water partition coefficient (Wildman–Crippen LogP) is 4.46. The van der Waals surface area contributed by atoms with Gasteiger partial charge in [0.25, 0.3) is 5.91 Å². The minimum Gasteiger partial charge on any atom is -0.496 e. The van der Waals surface area contributed by atoms with Crippen LogP contribution in [0.2, 0.25) is 0 Å². The average molecular weight is 481 g/mol. The fraction of sp³-hybridized carbons (Fsp3) is 0.500. The zero-order valence-electron chi connectivity index (χ0n) is 21.3. The highest BCUT2D eigenvalue weighted by atomic mass is 16.5. The zero-order chi connectivity index (χ0) is 25.1. The molecule has 0 aliphatic carbocycles. The Balaban J connectivity index is 1.61. The van der Waals surface area contributed by atoms with Crippen molar-refractivity contribution >= 4 is 11.8 Å². The van der Waals surface area contributed by atoms with E-state index < -0.39 is 6.04 Å². The molecule has 2 heterocycles. The maximum Gasteiger partial charge on any atom is 0.252 e. The summed E-state index contributed by atoms with van der Waals surface area (Å²) in [5, 5.41) is 3.01. The summed E-state index contributed by atoms with van der Waals surface area (Å²) in [6.07, 6.45) is 3.18. The molecule has 0 saturated carbocycles. The molecule has 0 spiro atoms. The molecule has 2 aliphatic heterocycles. The van der Waals surface area contributed by atoms with Gasteiger partial charge in [0, 0.05) is 17.7 Å². The highest BCUT2D eigenvalue weighted by Gasteiger charge is 2.43. The Hall–Kier alpha value is -3.22. The summed E-state index contributed by atoms with van der Waals surface area (Å²) < 4.78 is 16.7. The molecule has 0 aromatic heterocycles. The summed E-state index contributed by atoms with van der Waals surface area (Å²) in [4.78, 5) is 28.9. The lowest BCUT2D eigenvalue weighted by molar-refractivity contribution is -0.136. The van der Waals surface area contributed by atoms with Gasteiger partial charge in [0.15, 0.2) is 11.5 Å². The van der Waals surface area contributed by atoms with Crippen LogP contribution < -0.4 is 19.5 Å². The van der Waals surface area contributed by atoms with Crippen molar-refractivity contribution in [3.05, 3.63) is 52.6 Å². The van der Waals surface area contributed by atoms with Crippen molar-refractivity contribution in [3.63, 3.8) is 0 Å². The van der Waals surface area contributed by atoms with Gasteiger partial charge in [-0.05, 0) is 74.4 Å². The molecule has 1 saturated heterocycles. The number of carbonyl (C=O) groups is 2. The van der Waals surface area contributed by atoms with Gasteiger partial charge in [-0.3, -0.25) is 9.59 Å². The van der Waals surface area contributed by atoms with Crippen LogP contribution in [0.15, 0.2) is 30.3 Å². The van der Waals surface area contributed by atoms with Crippen LogP contribution in [0.4, 0.5) is 0 Å². The molecule has 2 aromatic rings. The topological polar surface area (TPSA) is 77.1 Å². The Bertz CT molecular complexity index is 1080. The van der Waals surface area contributed by atoms with E-state index in [1.54, 1.807) is 32.4 Å². The summed E-state index contributed by atoms with van der Waals surface area (Å²) in [6.45, 7) is 7.29. The van der Waals surface area contributed by atoms with Crippen LogP contribution in [-0.2, 0) is 11.2 Å². The summed E-state index contributed by atoms with van der Waals surface area (Å²) in [6, 6.07) is 8.75. The van der Waals surface area contributed by atoms with E-state index in [1.807, 2.05) is 11.8 Å². The van der Waals surface area contributed by atoms with Crippen LogP contribution in [0.25, 0.3) is 0 Å². The molecule has 0 radical (unpaired) electrons. The lowest BCUT2D eigenvalue weighted by atomic mass is 9.81. The molecular weight excluding hydrogens is 444 g/mol.